The highest BCUT2D eigenvalue weighted by molar-refractivity contribution is 9.10. The minimum atomic E-state index is 0.290. The minimum absolute atomic E-state index is 0.290. The van der Waals surface area contributed by atoms with Crippen LogP contribution in [0.25, 0.3) is 11.1 Å². The molecule has 2 rings (SSSR count). The summed E-state index contributed by atoms with van der Waals surface area (Å²) >= 11 is 8.09. The molecule has 0 radical (unpaired) electrons. The summed E-state index contributed by atoms with van der Waals surface area (Å²) in [6, 6.07) is 5.60. The average Bonchev–Trinajstić information content (AvgIpc) is 2.27. The third kappa shape index (κ3) is 1.23. The molecule has 0 aliphatic heterocycles. The van der Waals surface area contributed by atoms with Gasteiger partial charge in [-0.3, -0.25) is 0 Å². The zero-order chi connectivity index (χ0) is 7.84. The molecule has 0 bridgehead atoms. The second-order valence-corrected chi connectivity index (χ2v) is 3.36. The van der Waals surface area contributed by atoms with Gasteiger partial charge in [0.2, 0.25) is 0 Å². The van der Waals surface area contributed by atoms with Crippen molar-refractivity contribution in [1.82, 2.24) is 4.98 Å². The molecule has 0 N–H and O–H groups in total. The molecule has 0 saturated carbocycles. The molecule has 1 aromatic carbocycles. The Morgan fingerprint density at radius 3 is 3.09 bits per heavy atom. The summed E-state index contributed by atoms with van der Waals surface area (Å²) in [5.74, 6) is 0. The molecule has 4 heteroatoms. The maximum atomic E-state index is 5.11. The molecule has 2 nitrogen and oxygen atoms in total. The van der Waals surface area contributed by atoms with Crippen LogP contribution in [0.15, 0.2) is 32.3 Å². The molecule has 0 aliphatic carbocycles. The molecule has 2 aromatic rings. The predicted molar refractivity (Wildman–Crippen MR) is 47.3 cm³/mol. The SMILES string of the molecule is [S-]c1nc2cc(Br)ccc2o1. The number of nitrogens with zero attached hydrogens (tertiary/aromatic N) is 1. The molecule has 0 aliphatic rings. The summed E-state index contributed by atoms with van der Waals surface area (Å²) in [5, 5.41) is 0.290. The Bertz CT molecular complexity index is 398. The number of hydrogen-bond acceptors (Lipinski definition) is 3. The van der Waals surface area contributed by atoms with Gasteiger partial charge in [-0.15, -0.1) is 0 Å². The van der Waals surface area contributed by atoms with E-state index in [9.17, 15) is 0 Å². The molecule has 0 saturated heterocycles. The van der Waals surface area contributed by atoms with Crippen molar-refractivity contribution in [2.75, 3.05) is 0 Å². The summed E-state index contributed by atoms with van der Waals surface area (Å²) in [6.45, 7) is 0. The van der Waals surface area contributed by atoms with E-state index in [4.69, 9.17) is 17.0 Å². The van der Waals surface area contributed by atoms with Gasteiger partial charge in [0, 0.05) is 4.47 Å². The van der Waals surface area contributed by atoms with E-state index in [1.807, 2.05) is 18.2 Å². The van der Waals surface area contributed by atoms with Crippen molar-refractivity contribution in [3.8, 4) is 0 Å². The largest absolute Gasteiger partial charge is 0.721 e. The first-order chi connectivity index (χ1) is 5.25. The Morgan fingerprint density at radius 1 is 1.45 bits per heavy atom. The molecule has 0 fully saturated rings. The van der Waals surface area contributed by atoms with Gasteiger partial charge < -0.3 is 17.0 Å². The highest BCUT2D eigenvalue weighted by atomic mass is 79.9. The Labute approximate surface area is 77.1 Å². The van der Waals surface area contributed by atoms with Crippen molar-refractivity contribution in [3.63, 3.8) is 0 Å². The monoisotopic (exact) mass is 228 g/mol. The van der Waals surface area contributed by atoms with Crippen LogP contribution in [0, 0.1) is 0 Å². The van der Waals surface area contributed by atoms with E-state index in [2.05, 4.69) is 20.9 Å². The molecule has 1 aromatic heterocycles. The van der Waals surface area contributed by atoms with Crippen LogP contribution in [-0.4, -0.2) is 4.98 Å². The van der Waals surface area contributed by atoms with Crippen LogP contribution in [-0.2, 0) is 12.6 Å². The lowest BCUT2D eigenvalue weighted by Crippen LogP contribution is -1.67. The number of benzene rings is 1. The number of halogens is 1. The fourth-order valence-electron chi connectivity index (χ4n) is 0.879. The van der Waals surface area contributed by atoms with E-state index < -0.39 is 0 Å². The first-order valence-corrected chi connectivity index (χ1v) is 4.19. The van der Waals surface area contributed by atoms with Crippen LogP contribution in [0.1, 0.15) is 0 Å². The lowest BCUT2D eigenvalue weighted by atomic mass is 10.3. The Kier molecular flexibility index (Phi) is 1.58. The van der Waals surface area contributed by atoms with E-state index in [1.54, 1.807) is 0 Å². The summed E-state index contributed by atoms with van der Waals surface area (Å²) in [5.41, 5.74) is 1.53. The maximum Gasteiger partial charge on any atom is 0.152 e. The number of oxazole rings is 1. The summed E-state index contributed by atoms with van der Waals surface area (Å²) < 4.78 is 6.09. The minimum Gasteiger partial charge on any atom is -0.721 e. The number of hydrogen-bond donors (Lipinski definition) is 0. The van der Waals surface area contributed by atoms with Crippen LogP contribution in [0.3, 0.4) is 0 Å². The molecule has 0 spiro atoms. The fraction of sp³-hybridized carbons (Fsp3) is 0. The van der Waals surface area contributed by atoms with Crippen molar-refractivity contribution in [1.29, 1.82) is 0 Å². The normalized spacial score (nSPS) is 10.6. The number of aromatic nitrogens is 1. The summed E-state index contributed by atoms with van der Waals surface area (Å²) in [7, 11) is 0. The molecule has 56 valence electrons. The number of rotatable bonds is 0. The zero-order valence-corrected chi connectivity index (χ0v) is 7.78. The summed E-state index contributed by atoms with van der Waals surface area (Å²) in [6.07, 6.45) is 0. The standard InChI is InChI=1S/C7H4BrNOS/c8-4-1-2-6-5(3-4)9-7(11)10-6/h1-3H,(H,9,11)/p-1. The molecular weight excluding hydrogens is 226 g/mol. The lowest BCUT2D eigenvalue weighted by molar-refractivity contribution is 0.491. The van der Waals surface area contributed by atoms with Crippen LogP contribution in [0.4, 0.5) is 0 Å². The third-order valence-electron chi connectivity index (χ3n) is 1.33. The van der Waals surface area contributed by atoms with E-state index in [-0.39, 0.29) is 5.22 Å². The molecule has 11 heavy (non-hydrogen) atoms. The van der Waals surface area contributed by atoms with E-state index in [0.29, 0.717) is 0 Å². The van der Waals surface area contributed by atoms with Crippen LogP contribution in [0.2, 0.25) is 0 Å². The van der Waals surface area contributed by atoms with E-state index >= 15 is 0 Å². The maximum absolute atomic E-state index is 5.11. The van der Waals surface area contributed by atoms with E-state index in [1.165, 1.54) is 0 Å². The Balaban J connectivity index is 2.82. The first-order valence-electron chi connectivity index (χ1n) is 2.99. The second kappa shape index (κ2) is 2.46. The van der Waals surface area contributed by atoms with Crippen molar-refractivity contribution in [3.05, 3.63) is 22.7 Å². The highest BCUT2D eigenvalue weighted by Gasteiger charge is 1.97. The van der Waals surface area contributed by atoms with Crippen molar-refractivity contribution in [2.24, 2.45) is 0 Å². The van der Waals surface area contributed by atoms with Gasteiger partial charge in [-0.2, -0.15) is 0 Å². The van der Waals surface area contributed by atoms with Crippen molar-refractivity contribution in [2.45, 2.75) is 5.22 Å². The Morgan fingerprint density at radius 2 is 2.27 bits per heavy atom. The highest BCUT2D eigenvalue weighted by Crippen LogP contribution is 2.19. The van der Waals surface area contributed by atoms with Gasteiger partial charge >= 0.3 is 0 Å². The van der Waals surface area contributed by atoms with Gasteiger partial charge in [-0.1, -0.05) is 15.9 Å². The average molecular weight is 229 g/mol. The number of fused-ring (bicyclic) bond motifs is 1. The zero-order valence-electron chi connectivity index (χ0n) is 5.37. The third-order valence-corrected chi connectivity index (χ3v) is 2.00. The van der Waals surface area contributed by atoms with Crippen LogP contribution < -0.4 is 0 Å². The first kappa shape index (κ1) is 7.06. The van der Waals surface area contributed by atoms with Gasteiger partial charge in [0.25, 0.3) is 0 Å². The van der Waals surface area contributed by atoms with Gasteiger partial charge in [-0.25, -0.2) is 4.98 Å². The van der Waals surface area contributed by atoms with Crippen LogP contribution >= 0.6 is 15.9 Å². The molecule has 1 heterocycles. The Hall–Kier alpha value is -0.610. The van der Waals surface area contributed by atoms with Crippen LogP contribution in [0.5, 0.6) is 0 Å². The lowest BCUT2D eigenvalue weighted by Gasteiger charge is -1.88. The molecular formula is C7H3BrNOS-. The molecule has 0 unspecified atom stereocenters. The second-order valence-electron chi connectivity index (χ2n) is 2.09. The summed E-state index contributed by atoms with van der Waals surface area (Å²) in [4.78, 5) is 3.99. The fourth-order valence-corrected chi connectivity index (χ4v) is 1.42. The smallest absolute Gasteiger partial charge is 0.152 e. The predicted octanol–water partition coefficient (Wildman–Crippen LogP) is 2.50. The van der Waals surface area contributed by atoms with Gasteiger partial charge in [-0.05, 0) is 18.2 Å². The van der Waals surface area contributed by atoms with Gasteiger partial charge in [0.15, 0.2) is 5.58 Å². The van der Waals surface area contributed by atoms with E-state index in [0.717, 1.165) is 15.6 Å². The van der Waals surface area contributed by atoms with Crippen molar-refractivity contribution >= 4 is 39.7 Å². The topological polar surface area (TPSA) is 26.0 Å². The molecule has 0 amide bonds. The molecule has 0 atom stereocenters. The quantitative estimate of drug-likeness (QED) is 0.649. The van der Waals surface area contributed by atoms with Crippen molar-refractivity contribution < 1.29 is 4.42 Å². The van der Waals surface area contributed by atoms with Gasteiger partial charge in [0.05, 0.1) is 5.22 Å². The van der Waals surface area contributed by atoms with Gasteiger partial charge in [0.1, 0.15) is 5.52 Å².